The van der Waals surface area contributed by atoms with Crippen LogP contribution in [0.15, 0.2) is 46.9 Å². The molecule has 2 aromatic carbocycles. The van der Waals surface area contributed by atoms with Gasteiger partial charge in [0.15, 0.2) is 6.10 Å². The van der Waals surface area contributed by atoms with E-state index < -0.39 is 11.9 Å². The quantitative estimate of drug-likeness (QED) is 0.848. The van der Waals surface area contributed by atoms with Crippen LogP contribution in [0.4, 0.5) is 10.1 Å². The van der Waals surface area contributed by atoms with Crippen LogP contribution in [-0.2, 0) is 4.79 Å². The first kappa shape index (κ1) is 15.8. The summed E-state index contributed by atoms with van der Waals surface area (Å²) in [6.45, 7) is 1.62. The van der Waals surface area contributed by atoms with Crippen molar-refractivity contribution >= 4 is 39.1 Å². The molecule has 0 saturated heterocycles. The highest BCUT2D eigenvalue weighted by atomic mass is 79.9. The van der Waals surface area contributed by atoms with Gasteiger partial charge in [-0.2, -0.15) is 0 Å². The zero-order valence-corrected chi connectivity index (χ0v) is 13.4. The number of ether oxygens (including phenoxy) is 1. The number of benzene rings is 2. The molecule has 0 aliphatic carbocycles. The van der Waals surface area contributed by atoms with E-state index in [1.807, 2.05) is 0 Å². The van der Waals surface area contributed by atoms with Crippen molar-refractivity contribution in [2.45, 2.75) is 13.0 Å². The molecule has 1 unspecified atom stereocenters. The van der Waals surface area contributed by atoms with Crippen LogP contribution in [0.2, 0.25) is 5.02 Å². The molecule has 1 N–H and O–H groups in total. The van der Waals surface area contributed by atoms with E-state index in [2.05, 4.69) is 21.2 Å². The van der Waals surface area contributed by atoms with Crippen LogP contribution >= 0.6 is 27.5 Å². The Bertz CT molecular complexity index is 666. The Hall–Kier alpha value is -1.59. The highest BCUT2D eigenvalue weighted by Crippen LogP contribution is 2.21. The maximum Gasteiger partial charge on any atom is 0.265 e. The number of hydrogen-bond acceptors (Lipinski definition) is 2. The van der Waals surface area contributed by atoms with Gasteiger partial charge in [0, 0.05) is 10.7 Å². The smallest absolute Gasteiger partial charge is 0.265 e. The van der Waals surface area contributed by atoms with Crippen molar-refractivity contribution in [3.05, 3.63) is 57.8 Å². The summed E-state index contributed by atoms with van der Waals surface area (Å²) in [6, 6.07) is 11.0. The predicted octanol–water partition coefficient (Wildman–Crippen LogP) is 4.65. The van der Waals surface area contributed by atoms with Crippen LogP contribution in [-0.4, -0.2) is 12.0 Å². The van der Waals surface area contributed by atoms with Gasteiger partial charge in [-0.05, 0) is 59.3 Å². The molecule has 1 amide bonds. The summed E-state index contributed by atoms with van der Waals surface area (Å²) < 4.78 is 18.9. The van der Waals surface area contributed by atoms with E-state index in [-0.39, 0.29) is 10.4 Å². The molecular formula is C15H12BrClFNO2. The minimum Gasteiger partial charge on any atom is -0.481 e. The molecule has 0 spiro atoms. The van der Waals surface area contributed by atoms with Gasteiger partial charge in [-0.3, -0.25) is 4.79 Å². The summed E-state index contributed by atoms with van der Waals surface area (Å²) in [7, 11) is 0. The van der Waals surface area contributed by atoms with Crippen molar-refractivity contribution < 1.29 is 13.9 Å². The second-order valence-corrected chi connectivity index (χ2v) is 5.63. The number of hydrogen-bond donors (Lipinski definition) is 1. The SMILES string of the molecule is CC(Oc1cccc(Cl)c1)C(=O)Nc1ccc(F)c(Br)c1. The molecule has 0 bridgehead atoms. The zero-order chi connectivity index (χ0) is 15.4. The second-order valence-electron chi connectivity index (χ2n) is 4.34. The first-order chi connectivity index (χ1) is 9.95. The molecule has 2 aromatic rings. The van der Waals surface area contributed by atoms with Gasteiger partial charge in [0.05, 0.1) is 4.47 Å². The average molecular weight is 373 g/mol. The molecule has 0 aromatic heterocycles. The van der Waals surface area contributed by atoms with Crippen molar-refractivity contribution in [3.63, 3.8) is 0 Å². The molecule has 1 atom stereocenters. The van der Waals surface area contributed by atoms with Gasteiger partial charge in [0.1, 0.15) is 11.6 Å². The highest BCUT2D eigenvalue weighted by molar-refractivity contribution is 9.10. The standard InChI is InChI=1S/C15H12BrClFNO2/c1-9(21-12-4-2-3-10(17)7-12)15(20)19-11-5-6-14(18)13(16)8-11/h2-9H,1H3,(H,19,20). The monoisotopic (exact) mass is 371 g/mol. The summed E-state index contributed by atoms with van der Waals surface area (Å²) >= 11 is 8.91. The molecule has 0 aliphatic rings. The summed E-state index contributed by atoms with van der Waals surface area (Å²) in [5.41, 5.74) is 0.481. The van der Waals surface area contributed by atoms with Crippen LogP contribution in [0.1, 0.15) is 6.92 Å². The van der Waals surface area contributed by atoms with E-state index >= 15 is 0 Å². The van der Waals surface area contributed by atoms with Crippen molar-refractivity contribution in [3.8, 4) is 5.75 Å². The van der Waals surface area contributed by atoms with Gasteiger partial charge in [0.2, 0.25) is 0 Å². The Morgan fingerprint density at radius 3 is 2.76 bits per heavy atom. The minimum atomic E-state index is -0.715. The first-order valence-corrected chi connectivity index (χ1v) is 7.31. The van der Waals surface area contributed by atoms with E-state index in [4.69, 9.17) is 16.3 Å². The van der Waals surface area contributed by atoms with Gasteiger partial charge in [-0.25, -0.2) is 4.39 Å². The van der Waals surface area contributed by atoms with Crippen LogP contribution in [0.3, 0.4) is 0 Å². The molecule has 110 valence electrons. The average Bonchev–Trinajstić information content (AvgIpc) is 2.43. The van der Waals surface area contributed by atoms with E-state index in [9.17, 15) is 9.18 Å². The van der Waals surface area contributed by atoms with E-state index in [0.29, 0.717) is 16.5 Å². The normalized spacial score (nSPS) is 11.8. The molecule has 0 heterocycles. The van der Waals surface area contributed by atoms with Crippen molar-refractivity contribution in [1.29, 1.82) is 0 Å². The highest BCUT2D eigenvalue weighted by Gasteiger charge is 2.15. The Morgan fingerprint density at radius 1 is 1.33 bits per heavy atom. The molecule has 21 heavy (non-hydrogen) atoms. The molecule has 0 aliphatic heterocycles. The lowest BCUT2D eigenvalue weighted by atomic mass is 10.3. The first-order valence-electron chi connectivity index (χ1n) is 6.14. The number of amides is 1. The van der Waals surface area contributed by atoms with E-state index in [1.54, 1.807) is 31.2 Å². The van der Waals surface area contributed by atoms with Crippen molar-refractivity contribution in [1.82, 2.24) is 0 Å². The second kappa shape index (κ2) is 6.91. The number of carbonyl (C=O) groups is 1. The molecule has 0 saturated carbocycles. The van der Waals surface area contributed by atoms with Crippen LogP contribution in [0, 0.1) is 5.82 Å². The van der Waals surface area contributed by atoms with Crippen LogP contribution < -0.4 is 10.1 Å². The summed E-state index contributed by atoms with van der Waals surface area (Å²) in [5.74, 6) is -0.227. The number of rotatable bonds is 4. The van der Waals surface area contributed by atoms with Gasteiger partial charge in [-0.15, -0.1) is 0 Å². The van der Waals surface area contributed by atoms with Gasteiger partial charge < -0.3 is 10.1 Å². The van der Waals surface area contributed by atoms with Gasteiger partial charge >= 0.3 is 0 Å². The summed E-state index contributed by atoms with van der Waals surface area (Å²) in [6.07, 6.45) is -0.715. The third-order valence-electron chi connectivity index (χ3n) is 2.67. The molecule has 6 heteroatoms. The Morgan fingerprint density at radius 2 is 2.10 bits per heavy atom. The minimum absolute atomic E-state index is 0.281. The predicted molar refractivity (Wildman–Crippen MR) is 84.3 cm³/mol. The fourth-order valence-corrected chi connectivity index (χ4v) is 2.17. The maximum absolute atomic E-state index is 13.1. The molecule has 0 radical (unpaired) electrons. The molecule has 2 rings (SSSR count). The van der Waals surface area contributed by atoms with Gasteiger partial charge in [-0.1, -0.05) is 17.7 Å². The van der Waals surface area contributed by atoms with Gasteiger partial charge in [0.25, 0.3) is 5.91 Å². The zero-order valence-electron chi connectivity index (χ0n) is 11.1. The number of carbonyl (C=O) groups excluding carboxylic acids is 1. The lowest BCUT2D eigenvalue weighted by Gasteiger charge is -2.15. The van der Waals surface area contributed by atoms with Crippen LogP contribution in [0.25, 0.3) is 0 Å². The van der Waals surface area contributed by atoms with Crippen molar-refractivity contribution in [2.24, 2.45) is 0 Å². The fourth-order valence-electron chi connectivity index (χ4n) is 1.62. The third kappa shape index (κ3) is 4.44. The lowest BCUT2D eigenvalue weighted by Crippen LogP contribution is -2.30. The largest absolute Gasteiger partial charge is 0.481 e. The number of nitrogens with one attached hydrogen (secondary N) is 1. The Balaban J connectivity index is 2.00. The Kier molecular flexibility index (Phi) is 5.20. The summed E-state index contributed by atoms with van der Waals surface area (Å²) in [4.78, 5) is 12.0. The maximum atomic E-state index is 13.1. The van der Waals surface area contributed by atoms with Crippen molar-refractivity contribution in [2.75, 3.05) is 5.32 Å². The number of anilines is 1. The van der Waals surface area contributed by atoms with E-state index in [1.165, 1.54) is 18.2 Å². The lowest BCUT2D eigenvalue weighted by molar-refractivity contribution is -0.122. The summed E-state index contributed by atoms with van der Waals surface area (Å²) in [5, 5.41) is 3.18. The Labute approximate surface area is 135 Å². The van der Waals surface area contributed by atoms with Crippen LogP contribution in [0.5, 0.6) is 5.75 Å². The molecule has 3 nitrogen and oxygen atoms in total. The van der Waals surface area contributed by atoms with E-state index in [0.717, 1.165) is 0 Å². The molecule has 0 fully saturated rings. The third-order valence-corrected chi connectivity index (χ3v) is 3.51. The molecular weight excluding hydrogens is 361 g/mol. The topological polar surface area (TPSA) is 38.3 Å². The fraction of sp³-hybridized carbons (Fsp3) is 0.133. The number of halogens is 3.